The largest absolute Gasteiger partial charge is 0.372 e. The Morgan fingerprint density at radius 2 is 1.77 bits per heavy atom. The molecule has 0 heterocycles. The maximum Gasteiger partial charge on any atom is 0.294 e. The van der Waals surface area contributed by atoms with E-state index in [2.05, 4.69) is 9.47 Å². The predicted molar refractivity (Wildman–Crippen MR) is 44.6 cm³/mol. The predicted octanol–water partition coefficient (Wildman–Crippen LogP) is -0.408. The van der Waals surface area contributed by atoms with Crippen molar-refractivity contribution in [3.63, 3.8) is 0 Å². The molecular weight excluding hydrogens is 200 g/mol. The first-order valence-corrected chi connectivity index (χ1v) is 4.93. The van der Waals surface area contributed by atoms with Crippen molar-refractivity contribution in [1.29, 1.82) is 0 Å². The lowest BCUT2D eigenvalue weighted by Crippen LogP contribution is -2.39. The summed E-state index contributed by atoms with van der Waals surface area (Å²) in [5.74, 6) is 0. The Kier molecular flexibility index (Phi) is 4.27. The molecule has 2 N–H and O–H groups in total. The van der Waals surface area contributed by atoms with Gasteiger partial charge in [0.2, 0.25) is 0 Å². The molecule has 0 bridgehead atoms. The Bertz CT molecular complexity index is 240. The van der Waals surface area contributed by atoms with E-state index in [9.17, 15) is 13.5 Å². The van der Waals surface area contributed by atoms with Crippen LogP contribution in [0.1, 0.15) is 13.3 Å². The molecule has 0 rings (SSSR count). The number of rotatable bonds is 5. The van der Waals surface area contributed by atoms with Gasteiger partial charge in [0.1, 0.15) is 0 Å². The van der Waals surface area contributed by atoms with Gasteiger partial charge < -0.3 is 14.6 Å². The van der Waals surface area contributed by atoms with Crippen molar-refractivity contribution in [3.8, 4) is 0 Å². The molecule has 6 nitrogen and oxygen atoms in total. The van der Waals surface area contributed by atoms with Gasteiger partial charge in [-0.15, -0.1) is 0 Å². The molecule has 0 saturated heterocycles. The minimum Gasteiger partial charge on any atom is -0.372 e. The van der Waals surface area contributed by atoms with Gasteiger partial charge in [-0.2, -0.15) is 8.42 Å². The van der Waals surface area contributed by atoms with Gasteiger partial charge in [-0.3, -0.25) is 4.55 Å². The van der Waals surface area contributed by atoms with Crippen molar-refractivity contribution in [2.24, 2.45) is 0 Å². The van der Waals surface area contributed by atoms with Crippen LogP contribution in [0.2, 0.25) is 0 Å². The van der Waals surface area contributed by atoms with Gasteiger partial charge in [0, 0.05) is 20.6 Å². The minimum atomic E-state index is -4.52. The molecular formula is C6H14O6S. The number of aliphatic hydroxyl groups is 1. The summed E-state index contributed by atoms with van der Waals surface area (Å²) in [4.78, 5) is -2.26. The SMILES string of the molecule is COC(CC(C)(O)S(=O)(=O)O)OC. The molecule has 0 aromatic carbocycles. The van der Waals surface area contributed by atoms with E-state index in [0.717, 1.165) is 6.92 Å². The molecule has 0 fully saturated rings. The third-order valence-electron chi connectivity index (χ3n) is 1.63. The Balaban J connectivity index is 4.50. The van der Waals surface area contributed by atoms with Crippen LogP contribution in [0.25, 0.3) is 0 Å². The second-order valence-electron chi connectivity index (χ2n) is 2.76. The molecule has 0 aliphatic heterocycles. The monoisotopic (exact) mass is 214 g/mol. The van der Waals surface area contributed by atoms with E-state index in [1.54, 1.807) is 0 Å². The van der Waals surface area contributed by atoms with E-state index in [-0.39, 0.29) is 6.42 Å². The Morgan fingerprint density at radius 3 is 2.00 bits per heavy atom. The summed E-state index contributed by atoms with van der Waals surface area (Å²) in [5.41, 5.74) is 0. The van der Waals surface area contributed by atoms with Crippen molar-refractivity contribution in [3.05, 3.63) is 0 Å². The van der Waals surface area contributed by atoms with Crippen molar-refractivity contribution < 1.29 is 27.6 Å². The van der Waals surface area contributed by atoms with Crippen LogP contribution in [0.15, 0.2) is 0 Å². The number of hydrogen-bond acceptors (Lipinski definition) is 5. The molecule has 0 aliphatic carbocycles. The van der Waals surface area contributed by atoms with E-state index in [0.29, 0.717) is 0 Å². The second-order valence-corrected chi connectivity index (χ2v) is 4.58. The zero-order valence-electron chi connectivity index (χ0n) is 7.72. The smallest absolute Gasteiger partial charge is 0.294 e. The fourth-order valence-electron chi connectivity index (χ4n) is 0.677. The van der Waals surface area contributed by atoms with Crippen molar-refractivity contribution in [2.45, 2.75) is 24.6 Å². The van der Waals surface area contributed by atoms with Crippen LogP contribution < -0.4 is 0 Å². The minimum absolute atomic E-state index is 0.362. The van der Waals surface area contributed by atoms with E-state index in [4.69, 9.17) is 4.55 Å². The lowest BCUT2D eigenvalue weighted by Gasteiger charge is -2.23. The van der Waals surface area contributed by atoms with Crippen LogP contribution >= 0.6 is 0 Å². The van der Waals surface area contributed by atoms with Crippen LogP contribution in [0.4, 0.5) is 0 Å². The molecule has 0 aromatic rings. The van der Waals surface area contributed by atoms with Crippen molar-refractivity contribution in [2.75, 3.05) is 14.2 Å². The molecule has 1 atom stereocenters. The zero-order chi connectivity index (χ0) is 10.7. The summed E-state index contributed by atoms with van der Waals surface area (Å²) < 4.78 is 39.2. The summed E-state index contributed by atoms with van der Waals surface area (Å²) in [6.07, 6.45) is -1.24. The summed E-state index contributed by atoms with van der Waals surface area (Å²) in [6.45, 7) is 0.966. The summed E-state index contributed by atoms with van der Waals surface area (Å²) in [5, 5.41) is 9.29. The molecule has 0 spiro atoms. The van der Waals surface area contributed by atoms with Crippen molar-refractivity contribution >= 4 is 10.1 Å². The van der Waals surface area contributed by atoms with Gasteiger partial charge in [-0.25, -0.2) is 0 Å². The molecule has 0 radical (unpaired) electrons. The number of ether oxygens (including phenoxy) is 2. The van der Waals surface area contributed by atoms with E-state index in [1.165, 1.54) is 14.2 Å². The quantitative estimate of drug-likeness (QED) is 0.477. The third-order valence-corrected chi connectivity index (χ3v) is 2.91. The van der Waals surface area contributed by atoms with Gasteiger partial charge in [0.15, 0.2) is 11.2 Å². The van der Waals surface area contributed by atoms with Gasteiger partial charge in [0.05, 0.1) is 0 Å². The Hall–Kier alpha value is -0.210. The normalized spacial score (nSPS) is 17.4. The van der Waals surface area contributed by atoms with Crippen LogP contribution in [-0.2, 0) is 19.6 Å². The molecule has 0 aromatic heterocycles. The first kappa shape index (κ1) is 12.8. The average molecular weight is 214 g/mol. The van der Waals surface area contributed by atoms with Crippen LogP contribution in [0.3, 0.4) is 0 Å². The summed E-state index contributed by atoms with van der Waals surface area (Å²) in [6, 6.07) is 0. The Morgan fingerprint density at radius 1 is 1.38 bits per heavy atom. The molecule has 13 heavy (non-hydrogen) atoms. The molecule has 0 aliphatic rings. The molecule has 0 amide bonds. The number of methoxy groups -OCH3 is 2. The van der Waals surface area contributed by atoms with Gasteiger partial charge in [-0.05, 0) is 6.92 Å². The molecule has 80 valence electrons. The topological polar surface area (TPSA) is 93.1 Å². The lowest BCUT2D eigenvalue weighted by molar-refractivity contribution is -0.127. The maximum atomic E-state index is 10.6. The van der Waals surface area contributed by atoms with E-state index in [1.807, 2.05) is 0 Å². The highest BCUT2D eigenvalue weighted by Gasteiger charge is 2.38. The van der Waals surface area contributed by atoms with Gasteiger partial charge in [0.25, 0.3) is 10.1 Å². The number of hydrogen-bond donors (Lipinski definition) is 2. The zero-order valence-corrected chi connectivity index (χ0v) is 8.54. The second kappa shape index (κ2) is 4.34. The standard InChI is InChI=1S/C6H14O6S/c1-6(7,13(8,9)10)4-5(11-2)12-3/h5,7H,4H2,1-3H3,(H,8,9,10). The van der Waals surface area contributed by atoms with Gasteiger partial charge >= 0.3 is 0 Å². The first-order chi connectivity index (χ1) is 5.74. The molecule has 1 unspecified atom stereocenters. The summed E-state index contributed by atoms with van der Waals surface area (Å²) >= 11 is 0. The fourth-order valence-corrected chi connectivity index (χ4v) is 1.02. The van der Waals surface area contributed by atoms with Crippen LogP contribution in [0.5, 0.6) is 0 Å². The van der Waals surface area contributed by atoms with E-state index < -0.39 is 21.3 Å². The molecule has 0 saturated carbocycles. The molecule has 7 heteroatoms. The average Bonchev–Trinajstić information content (AvgIpc) is 1.98. The maximum absolute atomic E-state index is 10.6. The van der Waals surface area contributed by atoms with Gasteiger partial charge in [-0.1, -0.05) is 0 Å². The van der Waals surface area contributed by atoms with E-state index >= 15 is 0 Å². The Labute approximate surface area is 77.2 Å². The lowest BCUT2D eigenvalue weighted by atomic mass is 10.3. The summed E-state index contributed by atoms with van der Waals surface area (Å²) in [7, 11) is -1.92. The third kappa shape index (κ3) is 3.57. The first-order valence-electron chi connectivity index (χ1n) is 3.49. The van der Waals surface area contributed by atoms with Crippen LogP contribution in [0, 0.1) is 0 Å². The van der Waals surface area contributed by atoms with Crippen LogP contribution in [-0.4, -0.2) is 43.5 Å². The fraction of sp³-hybridized carbons (Fsp3) is 1.00. The highest BCUT2D eigenvalue weighted by molar-refractivity contribution is 7.87. The highest BCUT2D eigenvalue weighted by atomic mass is 32.2. The highest BCUT2D eigenvalue weighted by Crippen LogP contribution is 2.19. The van der Waals surface area contributed by atoms with Crippen molar-refractivity contribution in [1.82, 2.24) is 0 Å².